The zero-order valence-corrected chi connectivity index (χ0v) is 20.7. The number of nitrogens with zero attached hydrogens (tertiary/aromatic N) is 3. The first-order valence-corrected chi connectivity index (χ1v) is 13.2. The van der Waals surface area contributed by atoms with Gasteiger partial charge in [-0.25, -0.2) is 18.4 Å². The zero-order chi connectivity index (χ0) is 26.0. The highest BCUT2D eigenvalue weighted by Gasteiger charge is 2.17. The predicted molar refractivity (Wildman–Crippen MR) is 139 cm³/mol. The molecule has 3 heterocycles. The molecule has 5 rings (SSSR count). The van der Waals surface area contributed by atoms with Crippen molar-refractivity contribution >= 4 is 26.8 Å². The third-order valence-electron chi connectivity index (χ3n) is 5.85. The third kappa shape index (κ3) is 5.05. The van der Waals surface area contributed by atoms with E-state index in [4.69, 9.17) is 15.5 Å². The van der Waals surface area contributed by atoms with E-state index in [-0.39, 0.29) is 10.8 Å². The highest BCUT2D eigenvalue weighted by molar-refractivity contribution is 7.91. The van der Waals surface area contributed by atoms with Crippen LogP contribution in [-0.2, 0) is 16.3 Å². The second-order valence-corrected chi connectivity index (χ2v) is 10.5. The molecule has 0 atom stereocenters. The molecule has 37 heavy (non-hydrogen) atoms. The molecule has 0 saturated heterocycles. The first kappa shape index (κ1) is 24.1. The van der Waals surface area contributed by atoms with Crippen LogP contribution in [-0.4, -0.2) is 40.0 Å². The molecule has 0 unspecified atom stereocenters. The number of nitrogens with one attached hydrogen (secondary N) is 1. The first-order chi connectivity index (χ1) is 17.8. The molecule has 0 spiro atoms. The number of pyridine rings is 2. The zero-order valence-electron chi connectivity index (χ0n) is 19.9. The van der Waals surface area contributed by atoms with Crippen molar-refractivity contribution in [3.8, 4) is 23.0 Å². The summed E-state index contributed by atoms with van der Waals surface area (Å²) in [5.41, 5.74) is 9.69. The molecule has 2 aromatic carbocycles. The average Bonchev–Trinajstić information content (AvgIpc) is 3.34. The number of primary amides is 1. The molecule has 0 aliphatic rings. The van der Waals surface area contributed by atoms with E-state index in [9.17, 15) is 13.2 Å². The highest BCUT2D eigenvalue weighted by Crippen LogP contribution is 2.31. The summed E-state index contributed by atoms with van der Waals surface area (Å²) < 4.78 is 30.2. The minimum absolute atomic E-state index is 0.00452. The number of H-pyrrole nitrogens is 1. The van der Waals surface area contributed by atoms with Gasteiger partial charge in [-0.1, -0.05) is 31.2 Å². The molecule has 0 bridgehead atoms. The molecule has 186 valence electrons. The van der Waals surface area contributed by atoms with E-state index in [1.165, 1.54) is 12.3 Å². The molecule has 0 saturated carbocycles. The molecule has 3 aromatic heterocycles. The molecule has 0 aliphatic carbocycles. The Morgan fingerprint density at radius 3 is 2.49 bits per heavy atom. The fraction of sp³-hybridized carbons (Fsp3) is 0.111. The maximum Gasteiger partial charge on any atom is 0.248 e. The Kier molecular flexibility index (Phi) is 6.41. The van der Waals surface area contributed by atoms with Gasteiger partial charge in [-0.15, -0.1) is 0 Å². The van der Waals surface area contributed by atoms with Crippen LogP contribution in [0.1, 0.15) is 28.4 Å². The van der Waals surface area contributed by atoms with Gasteiger partial charge in [0.2, 0.25) is 5.91 Å². The second kappa shape index (κ2) is 9.82. The van der Waals surface area contributed by atoms with Gasteiger partial charge in [-0.05, 0) is 47.5 Å². The van der Waals surface area contributed by atoms with Crippen molar-refractivity contribution < 1.29 is 17.9 Å². The van der Waals surface area contributed by atoms with Gasteiger partial charge in [0.1, 0.15) is 17.2 Å². The molecule has 3 N–H and O–H groups in total. The number of imidazole rings is 1. The highest BCUT2D eigenvalue weighted by atomic mass is 32.2. The summed E-state index contributed by atoms with van der Waals surface area (Å²) in [4.78, 5) is 28.5. The standard InChI is InChI=1S/C27H23N5O4S/c1-2-37(34,35)24-11-10-19(16-30-24)36-20-14-18(13-17-7-3-4-8-21(17)26(28)33)25-23(15-20)31-27(32-25)22-9-5-6-12-29-22/h3-12,14-16H,2,13H2,1H3,(H2,28,33)(H,31,32). The summed E-state index contributed by atoms with van der Waals surface area (Å²) in [6.45, 7) is 1.57. The monoisotopic (exact) mass is 513 g/mol. The average molecular weight is 514 g/mol. The van der Waals surface area contributed by atoms with E-state index in [1.807, 2.05) is 36.4 Å². The van der Waals surface area contributed by atoms with E-state index >= 15 is 0 Å². The van der Waals surface area contributed by atoms with Crippen LogP contribution in [0.5, 0.6) is 11.5 Å². The van der Waals surface area contributed by atoms with Gasteiger partial charge in [0, 0.05) is 24.2 Å². The summed E-state index contributed by atoms with van der Waals surface area (Å²) in [7, 11) is -3.42. The van der Waals surface area contributed by atoms with Gasteiger partial charge in [0.15, 0.2) is 20.7 Å². The van der Waals surface area contributed by atoms with E-state index < -0.39 is 15.7 Å². The summed E-state index contributed by atoms with van der Waals surface area (Å²) in [6, 6.07) is 19.3. The van der Waals surface area contributed by atoms with Gasteiger partial charge < -0.3 is 15.5 Å². The quantitative estimate of drug-likeness (QED) is 0.315. The lowest BCUT2D eigenvalue weighted by atomic mass is 9.98. The molecule has 0 aliphatic heterocycles. The predicted octanol–water partition coefficient (Wildman–Crippen LogP) is 4.30. The van der Waals surface area contributed by atoms with Crippen molar-refractivity contribution in [1.82, 2.24) is 19.9 Å². The number of benzene rings is 2. The number of carbonyl (C=O) groups is 1. The van der Waals surface area contributed by atoms with Crippen LogP contribution in [0.4, 0.5) is 0 Å². The smallest absolute Gasteiger partial charge is 0.248 e. The Morgan fingerprint density at radius 1 is 0.973 bits per heavy atom. The van der Waals surface area contributed by atoms with Gasteiger partial charge in [0.25, 0.3) is 0 Å². The van der Waals surface area contributed by atoms with Gasteiger partial charge in [-0.3, -0.25) is 9.78 Å². The number of aromatic amines is 1. The number of nitrogens with two attached hydrogens (primary N) is 1. The van der Waals surface area contributed by atoms with E-state index in [0.29, 0.717) is 46.0 Å². The Hall–Kier alpha value is -4.57. The number of aromatic nitrogens is 4. The van der Waals surface area contributed by atoms with Crippen molar-refractivity contribution in [2.75, 3.05) is 5.75 Å². The SMILES string of the molecule is CCS(=O)(=O)c1ccc(Oc2cc(Cc3ccccc3C(N)=O)c3nc(-c4ccccn4)[nH]c3c2)cn1. The largest absolute Gasteiger partial charge is 0.456 e. The van der Waals surface area contributed by atoms with Crippen molar-refractivity contribution in [3.05, 3.63) is 95.8 Å². The van der Waals surface area contributed by atoms with E-state index in [2.05, 4.69) is 15.0 Å². The number of hydrogen-bond donors (Lipinski definition) is 2. The van der Waals surface area contributed by atoms with Crippen molar-refractivity contribution in [2.45, 2.75) is 18.4 Å². The van der Waals surface area contributed by atoms with Crippen LogP contribution >= 0.6 is 0 Å². The van der Waals surface area contributed by atoms with Crippen LogP contribution in [0.15, 0.2) is 84.1 Å². The topological polar surface area (TPSA) is 141 Å². The number of ether oxygens (including phenoxy) is 1. The molecule has 5 aromatic rings. The van der Waals surface area contributed by atoms with Crippen LogP contribution < -0.4 is 10.5 Å². The summed E-state index contributed by atoms with van der Waals surface area (Å²) in [5, 5.41) is -0.00452. The molecular weight excluding hydrogens is 490 g/mol. The maximum absolute atomic E-state index is 12.1. The molecule has 0 radical (unpaired) electrons. The number of fused-ring (bicyclic) bond motifs is 1. The fourth-order valence-corrected chi connectivity index (χ4v) is 4.78. The van der Waals surface area contributed by atoms with Gasteiger partial charge in [0.05, 0.1) is 23.0 Å². The van der Waals surface area contributed by atoms with Crippen molar-refractivity contribution in [2.24, 2.45) is 5.73 Å². The minimum Gasteiger partial charge on any atom is -0.456 e. The Labute approximate surface area is 213 Å². The maximum atomic E-state index is 12.1. The number of amides is 1. The third-order valence-corrected chi connectivity index (χ3v) is 7.49. The lowest BCUT2D eigenvalue weighted by molar-refractivity contribution is 0.0999. The molecule has 10 heteroatoms. The number of hydrogen-bond acceptors (Lipinski definition) is 7. The molecule has 9 nitrogen and oxygen atoms in total. The normalized spacial score (nSPS) is 11.5. The lowest BCUT2D eigenvalue weighted by Crippen LogP contribution is -2.13. The van der Waals surface area contributed by atoms with E-state index in [1.54, 1.807) is 37.4 Å². The molecule has 0 fully saturated rings. The Morgan fingerprint density at radius 2 is 1.78 bits per heavy atom. The second-order valence-electron chi connectivity index (χ2n) is 8.31. The summed E-state index contributed by atoms with van der Waals surface area (Å²) >= 11 is 0. The van der Waals surface area contributed by atoms with Gasteiger partial charge in [-0.2, -0.15) is 0 Å². The van der Waals surface area contributed by atoms with E-state index in [0.717, 1.165) is 11.1 Å². The first-order valence-electron chi connectivity index (χ1n) is 11.5. The fourth-order valence-electron chi connectivity index (χ4n) is 3.99. The number of carbonyl (C=O) groups excluding carboxylic acids is 1. The van der Waals surface area contributed by atoms with Crippen LogP contribution in [0.3, 0.4) is 0 Å². The van der Waals surface area contributed by atoms with Crippen LogP contribution in [0.2, 0.25) is 0 Å². The molecular formula is C27H23N5O4S. The lowest BCUT2D eigenvalue weighted by Gasteiger charge is -2.11. The number of sulfone groups is 1. The summed E-state index contributed by atoms with van der Waals surface area (Å²) in [6.07, 6.45) is 3.45. The van der Waals surface area contributed by atoms with Crippen LogP contribution in [0, 0.1) is 0 Å². The van der Waals surface area contributed by atoms with Crippen LogP contribution in [0.25, 0.3) is 22.6 Å². The van der Waals surface area contributed by atoms with Gasteiger partial charge >= 0.3 is 0 Å². The van der Waals surface area contributed by atoms with Crippen molar-refractivity contribution in [1.29, 1.82) is 0 Å². The van der Waals surface area contributed by atoms with Crippen molar-refractivity contribution in [3.63, 3.8) is 0 Å². The summed E-state index contributed by atoms with van der Waals surface area (Å²) in [5.74, 6) is 0.910. The Balaban J connectivity index is 1.57. The molecule has 1 amide bonds. The number of rotatable bonds is 8. The minimum atomic E-state index is -3.42. The Bertz CT molecular complexity index is 1700.